The molecule has 0 radical (unpaired) electrons. The lowest BCUT2D eigenvalue weighted by Gasteiger charge is -2.18. The molecule has 0 saturated heterocycles. The third kappa shape index (κ3) is 5.51. The third-order valence-corrected chi connectivity index (χ3v) is 5.32. The number of aryl methyl sites for hydroxylation is 1. The molecular weight excluding hydrogens is 388 g/mol. The van der Waals surface area contributed by atoms with Crippen LogP contribution in [0.4, 0.5) is 0 Å². The van der Waals surface area contributed by atoms with E-state index in [9.17, 15) is 4.79 Å². The Kier molecular flexibility index (Phi) is 7.13. The van der Waals surface area contributed by atoms with Gasteiger partial charge in [-0.2, -0.15) is 0 Å². The van der Waals surface area contributed by atoms with Gasteiger partial charge >= 0.3 is 0 Å². The van der Waals surface area contributed by atoms with Crippen LogP contribution in [0.3, 0.4) is 0 Å². The molecule has 0 unspecified atom stereocenters. The Hall–Kier alpha value is -3.00. The SMILES string of the molecule is COc1ccc(-n2cnnc2SCC(=O)N(C)CCOc2ccccc2C)cc1. The summed E-state index contributed by atoms with van der Waals surface area (Å²) in [7, 11) is 3.40. The van der Waals surface area contributed by atoms with Crippen molar-refractivity contribution in [1.29, 1.82) is 0 Å². The number of methoxy groups -OCH3 is 1. The maximum atomic E-state index is 12.5. The minimum Gasteiger partial charge on any atom is -0.497 e. The largest absolute Gasteiger partial charge is 0.497 e. The van der Waals surface area contributed by atoms with E-state index >= 15 is 0 Å². The molecule has 0 saturated carbocycles. The number of rotatable bonds is 9. The van der Waals surface area contributed by atoms with E-state index in [0.717, 1.165) is 22.7 Å². The molecule has 2 aromatic carbocycles. The third-order valence-electron chi connectivity index (χ3n) is 4.40. The topological polar surface area (TPSA) is 69.5 Å². The van der Waals surface area contributed by atoms with E-state index in [0.29, 0.717) is 18.3 Å². The maximum absolute atomic E-state index is 12.5. The molecule has 1 aromatic heterocycles. The first-order valence-corrected chi connectivity index (χ1v) is 10.2. The molecule has 3 rings (SSSR count). The van der Waals surface area contributed by atoms with Crippen LogP contribution in [0, 0.1) is 6.92 Å². The van der Waals surface area contributed by atoms with E-state index in [-0.39, 0.29) is 11.7 Å². The van der Waals surface area contributed by atoms with Crippen LogP contribution in [0.1, 0.15) is 5.56 Å². The smallest absolute Gasteiger partial charge is 0.232 e. The van der Waals surface area contributed by atoms with Gasteiger partial charge in [0.1, 0.15) is 24.4 Å². The highest BCUT2D eigenvalue weighted by Gasteiger charge is 2.13. The summed E-state index contributed by atoms with van der Waals surface area (Å²) in [6.45, 7) is 2.96. The lowest BCUT2D eigenvalue weighted by Crippen LogP contribution is -2.32. The van der Waals surface area contributed by atoms with Crippen molar-refractivity contribution in [2.24, 2.45) is 0 Å². The van der Waals surface area contributed by atoms with E-state index < -0.39 is 0 Å². The second-order valence-electron chi connectivity index (χ2n) is 6.40. The molecule has 29 heavy (non-hydrogen) atoms. The van der Waals surface area contributed by atoms with Gasteiger partial charge in [0.15, 0.2) is 5.16 Å². The molecule has 0 spiro atoms. The predicted molar refractivity (Wildman–Crippen MR) is 113 cm³/mol. The fraction of sp³-hybridized carbons (Fsp3) is 0.286. The number of ether oxygens (including phenoxy) is 2. The fourth-order valence-corrected chi connectivity index (χ4v) is 3.48. The van der Waals surface area contributed by atoms with Gasteiger partial charge in [0.25, 0.3) is 0 Å². The Morgan fingerprint density at radius 3 is 2.66 bits per heavy atom. The summed E-state index contributed by atoms with van der Waals surface area (Å²) in [5.41, 5.74) is 1.99. The number of nitrogens with zero attached hydrogens (tertiary/aromatic N) is 4. The Morgan fingerprint density at radius 2 is 1.93 bits per heavy atom. The average molecular weight is 413 g/mol. The summed E-state index contributed by atoms with van der Waals surface area (Å²) in [6.07, 6.45) is 1.63. The van der Waals surface area contributed by atoms with E-state index in [1.165, 1.54) is 11.8 Å². The standard InChI is InChI=1S/C21H24N4O3S/c1-16-6-4-5-7-19(16)28-13-12-24(2)20(26)14-29-21-23-22-15-25(21)17-8-10-18(27-3)11-9-17/h4-11,15H,12-14H2,1-3H3. The molecule has 7 nitrogen and oxygen atoms in total. The van der Waals surface area contributed by atoms with E-state index in [4.69, 9.17) is 9.47 Å². The van der Waals surface area contributed by atoms with Crippen LogP contribution in [0.25, 0.3) is 5.69 Å². The molecule has 0 aliphatic rings. The molecule has 0 aliphatic heterocycles. The van der Waals surface area contributed by atoms with E-state index in [2.05, 4.69) is 10.2 Å². The van der Waals surface area contributed by atoms with Crippen molar-refractivity contribution in [3.8, 4) is 17.2 Å². The molecule has 8 heteroatoms. The molecule has 0 atom stereocenters. The molecule has 0 fully saturated rings. The zero-order valence-corrected chi connectivity index (χ0v) is 17.6. The van der Waals surface area contributed by atoms with Gasteiger partial charge in [0.2, 0.25) is 5.91 Å². The molecule has 1 heterocycles. The number of amides is 1. The van der Waals surface area contributed by atoms with Crippen molar-refractivity contribution in [3.63, 3.8) is 0 Å². The zero-order valence-electron chi connectivity index (χ0n) is 16.7. The van der Waals surface area contributed by atoms with E-state index in [1.54, 1.807) is 25.4 Å². The number of benzene rings is 2. The number of hydrogen-bond donors (Lipinski definition) is 0. The maximum Gasteiger partial charge on any atom is 0.232 e. The Bertz CT molecular complexity index is 943. The summed E-state index contributed by atoms with van der Waals surface area (Å²) in [5, 5.41) is 8.76. The molecule has 3 aromatic rings. The number of hydrogen-bond acceptors (Lipinski definition) is 6. The van der Waals surface area contributed by atoms with Crippen LogP contribution >= 0.6 is 11.8 Å². The van der Waals surface area contributed by atoms with Gasteiger partial charge in [0.05, 0.1) is 19.4 Å². The summed E-state index contributed by atoms with van der Waals surface area (Å²) >= 11 is 1.35. The summed E-state index contributed by atoms with van der Waals surface area (Å²) in [4.78, 5) is 14.1. The van der Waals surface area contributed by atoms with Gasteiger partial charge in [-0.05, 0) is 42.8 Å². The fourth-order valence-electron chi connectivity index (χ4n) is 2.61. The number of carbonyl (C=O) groups is 1. The second kappa shape index (κ2) is 9.97. The molecule has 152 valence electrons. The van der Waals surface area contributed by atoms with Crippen molar-refractivity contribution >= 4 is 17.7 Å². The second-order valence-corrected chi connectivity index (χ2v) is 7.34. The van der Waals surface area contributed by atoms with Crippen molar-refractivity contribution in [2.75, 3.05) is 33.1 Å². The van der Waals surface area contributed by atoms with Crippen LogP contribution in [0.15, 0.2) is 60.0 Å². The zero-order chi connectivity index (χ0) is 20.6. The number of thioether (sulfide) groups is 1. The average Bonchev–Trinajstić information content (AvgIpc) is 3.22. The molecule has 0 bridgehead atoms. The molecular formula is C21H24N4O3S. The van der Waals surface area contributed by atoms with Crippen LogP contribution in [0.5, 0.6) is 11.5 Å². The number of aromatic nitrogens is 3. The first-order valence-electron chi connectivity index (χ1n) is 9.18. The van der Waals surface area contributed by atoms with Crippen molar-refractivity contribution in [3.05, 3.63) is 60.4 Å². The van der Waals surface area contributed by atoms with Crippen LogP contribution in [-0.2, 0) is 4.79 Å². The lowest BCUT2D eigenvalue weighted by molar-refractivity contribution is -0.127. The number of likely N-dealkylation sites (N-methyl/N-ethyl adjacent to an activating group) is 1. The van der Waals surface area contributed by atoms with E-state index in [1.807, 2.05) is 60.0 Å². The van der Waals surface area contributed by atoms with Crippen molar-refractivity contribution in [2.45, 2.75) is 12.1 Å². The Labute approximate surface area is 174 Å². The van der Waals surface area contributed by atoms with Gasteiger partial charge in [-0.1, -0.05) is 30.0 Å². The van der Waals surface area contributed by atoms with Crippen LogP contribution in [0.2, 0.25) is 0 Å². The van der Waals surface area contributed by atoms with Gasteiger partial charge < -0.3 is 14.4 Å². The quantitative estimate of drug-likeness (QED) is 0.503. The lowest BCUT2D eigenvalue weighted by atomic mass is 10.2. The first-order chi connectivity index (χ1) is 14.1. The highest BCUT2D eigenvalue weighted by atomic mass is 32.2. The van der Waals surface area contributed by atoms with Gasteiger partial charge in [-0.15, -0.1) is 10.2 Å². The highest BCUT2D eigenvalue weighted by molar-refractivity contribution is 7.99. The normalized spacial score (nSPS) is 10.6. The Morgan fingerprint density at radius 1 is 1.17 bits per heavy atom. The summed E-state index contributed by atoms with van der Waals surface area (Å²) < 4.78 is 12.8. The minimum absolute atomic E-state index is 0.00710. The summed E-state index contributed by atoms with van der Waals surface area (Å²) in [6, 6.07) is 15.4. The van der Waals surface area contributed by atoms with Gasteiger partial charge in [-0.25, -0.2) is 0 Å². The predicted octanol–water partition coefficient (Wildman–Crippen LogP) is 3.21. The van der Waals surface area contributed by atoms with Crippen LogP contribution < -0.4 is 9.47 Å². The monoisotopic (exact) mass is 412 g/mol. The molecule has 0 N–H and O–H groups in total. The highest BCUT2D eigenvalue weighted by Crippen LogP contribution is 2.22. The molecule has 0 aliphatic carbocycles. The Balaban J connectivity index is 1.50. The summed E-state index contributed by atoms with van der Waals surface area (Å²) in [5.74, 6) is 1.90. The van der Waals surface area contributed by atoms with Crippen LogP contribution in [-0.4, -0.2) is 58.6 Å². The molecule has 1 amide bonds. The minimum atomic E-state index is 0.00710. The number of carbonyl (C=O) groups excluding carboxylic acids is 1. The van der Waals surface area contributed by atoms with Crippen molar-refractivity contribution < 1.29 is 14.3 Å². The van der Waals surface area contributed by atoms with Crippen molar-refractivity contribution in [1.82, 2.24) is 19.7 Å². The number of para-hydroxylation sites is 1. The van der Waals surface area contributed by atoms with Gasteiger partial charge in [-0.3, -0.25) is 9.36 Å². The first kappa shape index (κ1) is 20.7. The van der Waals surface area contributed by atoms with Gasteiger partial charge in [0, 0.05) is 12.7 Å².